The summed E-state index contributed by atoms with van der Waals surface area (Å²) in [5.41, 5.74) is 6.79. The van der Waals surface area contributed by atoms with E-state index in [4.69, 9.17) is 5.73 Å². The molecule has 0 heterocycles. The van der Waals surface area contributed by atoms with Crippen molar-refractivity contribution in [2.24, 2.45) is 5.73 Å². The molecule has 80 valence electrons. The highest BCUT2D eigenvalue weighted by Crippen LogP contribution is 2.36. The third-order valence-corrected chi connectivity index (χ3v) is 3.58. The molecule has 1 aromatic carbocycles. The Bertz CT molecular complexity index is 346. The van der Waals surface area contributed by atoms with Crippen LogP contribution >= 0.6 is 19.5 Å². The van der Waals surface area contributed by atoms with E-state index in [9.17, 15) is 4.57 Å². The topological polar surface area (TPSA) is 43.1 Å². The molecule has 14 heavy (non-hydrogen) atoms. The fourth-order valence-electron chi connectivity index (χ4n) is 1.36. The van der Waals surface area contributed by atoms with Crippen molar-refractivity contribution < 1.29 is 4.57 Å². The molecule has 0 aliphatic heterocycles. The smallest absolute Gasteiger partial charge is 0.110 e. The van der Waals surface area contributed by atoms with Crippen molar-refractivity contribution in [3.8, 4) is 0 Å². The normalized spacial score (nSPS) is 13.1. The highest BCUT2D eigenvalue weighted by molar-refractivity contribution is 7.70. The lowest BCUT2D eigenvalue weighted by Gasteiger charge is -2.15. The Morgan fingerprint density at radius 3 is 2.14 bits per heavy atom. The van der Waals surface area contributed by atoms with Gasteiger partial charge >= 0.3 is 0 Å². The second-order valence-electron chi connectivity index (χ2n) is 3.70. The van der Waals surface area contributed by atoms with Crippen molar-refractivity contribution in [2.45, 2.75) is 13.0 Å². The summed E-state index contributed by atoms with van der Waals surface area (Å²) in [7, 11) is -2.19. The second-order valence-corrected chi connectivity index (χ2v) is 6.88. The molecule has 0 saturated heterocycles. The van der Waals surface area contributed by atoms with Crippen molar-refractivity contribution >= 4 is 24.9 Å². The van der Waals surface area contributed by atoms with Crippen LogP contribution in [-0.4, -0.2) is 13.3 Å². The summed E-state index contributed by atoms with van der Waals surface area (Å²) >= 11 is 0. The first kappa shape index (κ1) is 13.7. The molecule has 0 aliphatic rings. The molecule has 0 radical (unpaired) electrons. The Morgan fingerprint density at radius 1 is 1.29 bits per heavy atom. The fourth-order valence-corrected chi connectivity index (χ4v) is 2.71. The molecule has 0 bridgehead atoms. The van der Waals surface area contributed by atoms with Gasteiger partial charge in [0.05, 0.1) is 0 Å². The van der Waals surface area contributed by atoms with Crippen molar-refractivity contribution in [3.05, 3.63) is 29.8 Å². The lowest BCUT2D eigenvalue weighted by Crippen LogP contribution is -2.17. The van der Waals surface area contributed by atoms with E-state index in [-0.39, 0.29) is 18.4 Å². The molecule has 1 unspecified atom stereocenters. The standard InChI is InChI=1S/C10H16NOP.ClH/c1-8(11)9-6-4-5-7-10(9)13(2,3)12;/h4-8H,11H2,1-3H3;1H. The number of benzene rings is 1. The van der Waals surface area contributed by atoms with Gasteiger partial charge in [-0.3, -0.25) is 0 Å². The van der Waals surface area contributed by atoms with Gasteiger partial charge < -0.3 is 10.3 Å². The van der Waals surface area contributed by atoms with Crippen LogP contribution in [0, 0.1) is 0 Å². The third kappa shape index (κ3) is 3.13. The molecular weight excluding hydrogens is 217 g/mol. The number of nitrogens with two attached hydrogens (primary N) is 1. The van der Waals surface area contributed by atoms with Gasteiger partial charge in [-0.25, -0.2) is 0 Å². The number of rotatable bonds is 2. The highest BCUT2D eigenvalue weighted by atomic mass is 35.5. The summed E-state index contributed by atoms with van der Waals surface area (Å²) in [6, 6.07) is 7.63. The fraction of sp³-hybridized carbons (Fsp3) is 0.400. The molecule has 1 aromatic rings. The molecule has 0 aliphatic carbocycles. The van der Waals surface area contributed by atoms with E-state index in [0.29, 0.717) is 0 Å². The van der Waals surface area contributed by atoms with Gasteiger partial charge in [0.15, 0.2) is 0 Å². The first-order valence-electron chi connectivity index (χ1n) is 4.33. The minimum Gasteiger partial charge on any atom is -0.324 e. The Labute approximate surface area is 91.7 Å². The van der Waals surface area contributed by atoms with E-state index in [1.165, 1.54) is 0 Å². The van der Waals surface area contributed by atoms with Crippen molar-refractivity contribution in [3.63, 3.8) is 0 Å². The van der Waals surface area contributed by atoms with E-state index in [2.05, 4.69) is 0 Å². The third-order valence-electron chi connectivity index (χ3n) is 2.01. The van der Waals surface area contributed by atoms with E-state index >= 15 is 0 Å². The van der Waals surface area contributed by atoms with Crippen LogP contribution in [0.5, 0.6) is 0 Å². The van der Waals surface area contributed by atoms with Gasteiger partial charge in [-0.05, 0) is 25.8 Å². The number of hydrogen-bond donors (Lipinski definition) is 1. The molecule has 0 spiro atoms. The van der Waals surface area contributed by atoms with Crippen LogP contribution in [-0.2, 0) is 4.57 Å². The lowest BCUT2D eigenvalue weighted by molar-refractivity contribution is 0.588. The van der Waals surface area contributed by atoms with Crippen LogP contribution in [0.1, 0.15) is 18.5 Å². The first-order valence-corrected chi connectivity index (χ1v) is 6.93. The molecule has 0 amide bonds. The average Bonchev–Trinajstić information content (AvgIpc) is 2.03. The Balaban J connectivity index is 0.00000169. The lowest BCUT2D eigenvalue weighted by atomic mass is 10.1. The van der Waals surface area contributed by atoms with Gasteiger partial charge in [-0.2, -0.15) is 0 Å². The Hall–Kier alpha value is -0.300. The van der Waals surface area contributed by atoms with E-state index in [1.807, 2.05) is 31.2 Å². The zero-order valence-corrected chi connectivity index (χ0v) is 10.4. The van der Waals surface area contributed by atoms with E-state index < -0.39 is 7.14 Å². The maximum absolute atomic E-state index is 11.9. The molecule has 2 nitrogen and oxygen atoms in total. The van der Waals surface area contributed by atoms with Crippen LogP contribution < -0.4 is 11.0 Å². The van der Waals surface area contributed by atoms with Crippen LogP contribution in [0.25, 0.3) is 0 Å². The van der Waals surface area contributed by atoms with Gasteiger partial charge in [0.1, 0.15) is 7.14 Å². The second kappa shape index (κ2) is 4.97. The summed E-state index contributed by atoms with van der Waals surface area (Å²) in [4.78, 5) is 0. The molecular formula is C10H17ClNOP. The Morgan fingerprint density at radius 2 is 1.79 bits per heavy atom. The van der Waals surface area contributed by atoms with E-state index in [0.717, 1.165) is 10.9 Å². The molecule has 0 aromatic heterocycles. The summed E-state index contributed by atoms with van der Waals surface area (Å²) in [5, 5.41) is 0.907. The largest absolute Gasteiger partial charge is 0.324 e. The molecule has 0 fully saturated rings. The SMILES string of the molecule is CC(N)c1ccccc1P(C)(C)=O.Cl. The van der Waals surface area contributed by atoms with Crippen LogP contribution in [0.15, 0.2) is 24.3 Å². The van der Waals surface area contributed by atoms with Crippen molar-refractivity contribution in [2.75, 3.05) is 13.3 Å². The van der Waals surface area contributed by atoms with Gasteiger partial charge in [0.2, 0.25) is 0 Å². The minimum absolute atomic E-state index is 0. The van der Waals surface area contributed by atoms with Crippen molar-refractivity contribution in [1.82, 2.24) is 0 Å². The zero-order valence-electron chi connectivity index (χ0n) is 8.73. The Kier molecular flexibility index (Phi) is 4.87. The minimum atomic E-state index is -2.19. The molecule has 4 heteroatoms. The van der Waals surface area contributed by atoms with Gasteiger partial charge in [-0.1, -0.05) is 24.3 Å². The summed E-state index contributed by atoms with van der Waals surface area (Å²) in [6.07, 6.45) is 0. The summed E-state index contributed by atoms with van der Waals surface area (Å²) in [5.74, 6) is 0. The molecule has 1 atom stereocenters. The van der Waals surface area contributed by atoms with Gasteiger partial charge in [0, 0.05) is 11.3 Å². The quantitative estimate of drug-likeness (QED) is 0.797. The molecule has 0 saturated carbocycles. The van der Waals surface area contributed by atoms with Crippen LogP contribution in [0.4, 0.5) is 0 Å². The number of halogens is 1. The summed E-state index contributed by atoms with van der Waals surface area (Å²) < 4.78 is 11.9. The van der Waals surface area contributed by atoms with Crippen LogP contribution in [0.2, 0.25) is 0 Å². The van der Waals surface area contributed by atoms with Gasteiger partial charge in [0.25, 0.3) is 0 Å². The maximum Gasteiger partial charge on any atom is 0.110 e. The monoisotopic (exact) mass is 233 g/mol. The average molecular weight is 234 g/mol. The van der Waals surface area contributed by atoms with Crippen LogP contribution in [0.3, 0.4) is 0 Å². The highest BCUT2D eigenvalue weighted by Gasteiger charge is 2.16. The van der Waals surface area contributed by atoms with E-state index in [1.54, 1.807) is 13.3 Å². The first-order chi connectivity index (χ1) is 5.93. The molecule has 1 rings (SSSR count). The maximum atomic E-state index is 11.9. The number of hydrogen-bond acceptors (Lipinski definition) is 2. The zero-order chi connectivity index (χ0) is 10.1. The van der Waals surface area contributed by atoms with Crippen molar-refractivity contribution in [1.29, 1.82) is 0 Å². The predicted octanol–water partition coefficient (Wildman–Crippen LogP) is 2.38. The molecule has 2 N–H and O–H groups in total. The summed E-state index contributed by atoms with van der Waals surface area (Å²) in [6.45, 7) is 5.46. The van der Waals surface area contributed by atoms with Gasteiger partial charge in [-0.15, -0.1) is 12.4 Å². The predicted molar refractivity (Wildman–Crippen MR) is 65.4 cm³/mol.